The van der Waals surface area contributed by atoms with Gasteiger partial charge in [0.15, 0.2) is 0 Å². The number of esters is 1. The number of rotatable bonds is 5. The summed E-state index contributed by atoms with van der Waals surface area (Å²) < 4.78 is 5.52. The van der Waals surface area contributed by atoms with Crippen molar-refractivity contribution in [3.63, 3.8) is 0 Å². The molecule has 2 aromatic carbocycles. The number of carbonyl (C=O) groups excluding carboxylic acids is 2. The van der Waals surface area contributed by atoms with Crippen LogP contribution in [0.15, 0.2) is 48.5 Å². The molecule has 0 heterocycles. The maximum absolute atomic E-state index is 12.3. The highest BCUT2D eigenvalue weighted by Gasteiger charge is 2.19. The SMILES string of the molecule is CC(=O)N[C@@H](CC(=O)Oc1c(C)cccc1C)c1ccccc1. The third kappa shape index (κ3) is 4.68. The first-order chi connectivity index (χ1) is 11.0. The van der Waals surface area contributed by atoms with Gasteiger partial charge in [-0.25, -0.2) is 0 Å². The van der Waals surface area contributed by atoms with Crippen LogP contribution in [0.4, 0.5) is 0 Å². The van der Waals surface area contributed by atoms with Crippen LogP contribution < -0.4 is 10.1 Å². The van der Waals surface area contributed by atoms with Gasteiger partial charge < -0.3 is 10.1 Å². The van der Waals surface area contributed by atoms with Gasteiger partial charge in [-0.2, -0.15) is 0 Å². The predicted molar refractivity (Wildman–Crippen MR) is 89.2 cm³/mol. The summed E-state index contributed by atoms with van der Waals surface area (Å²) in [5, 5.41) is 2.80. The van der Waals surface area contributed by atoms with E-state index in [-0.39, 0.29) is 18.3 Å². The number of hydrogen-bond acceptors (Lipinski definition) is 3. The molecule has 0 aliphatic carbocycles. The first kappa shape index (κ1) is 16.7. The van der Waals surface area contributed by atoms with Crippen LogP contribution in [-0.4, -0.2) is 11.9 Å². The predicted octanol–water partition coefficient (Wildman–Crippen LogP) is 3.48. The van der Waals surface area contributed by atoms with Crippen molar-refractivity contribution in [1.29, 1.82) is 0 Å². The number of carbonyl (C=O) groups is 2. The standard InChI is InChI=1S/C19H21NO3/c1-13-8-7-9-14(2)19(13)23-18(22)12-17(20-15(3)21)16-10-5-4-6-11-16/h4-11,17H,12H2,1-3H3,(H,20,21)/t17-/m0/s1. The maximum Gasteiger partial charge on any atom is 0.313 e. The zero-order valence-corrected chi connectivity index (χ0v) is 13.6. The summed E-state index contributed by atoms with van der Waals surface area (Å²) in [7, 11) is 0. The highest BCUT2D eigenvalue weighted by Crippen LogP contribution is 2.24. The lowest BCUT2D eigenvalue weighted by atomic mass is 10.0. The van der Waals surface area contributed by atoms with Gasteiger partial charge in [0.1, 0.15) is 5.75 Å². The molecular weight excluding hydrogens is 290 g/mol. The first-order valence-corrected chi connectivity index (χ1v) is 7.56. The summed E-state index contributed by atoms with van der Waals surface area (Å²) in [4.78, 5) is 23.7. The quantitative estimate of drug-likeness (QED) is 0.679. The van der Waals surface area contributed by atoms with Crippen LogP contribution >= 0.6 is 0 Å². The van der Waals surface area contributed by atoms with E-state index in [4.69, 9.17) is 4.74 Å². The van der Waals surface area contributed by atoms with Gasteiger partial charge in [-0.05, 0) is 30.5 Å². The molecular formula is C19H21NO3. The fourth-order valence-electron chi connectivity index (χ4n) is 2.47. The van der Waals surface area contributed by atoms with E-state index in [1.807, 2.05) is 62.4 Å². The van der Waals surface area contributed by atoms with Crippen molar-refractivity contribution in [2.45, 2.75) is 33.2 Å². The van der Waals surface area contributed by atoms with Crippen molar-refractivity contribution in [2.24, 2.45) is 0 Å². The van der Waals surface area contributed by atoms with Crippen LogP contribution in [-0.2, 0) is 9.59 Å². The zero-order valence-electron chi connectivity index (χ0n) is 13.6. The summed E-state index contributed by atoms with van der Waals surface area (Å²) in [6.45, 7) is 5.24. The van der Waals surface area contributed by atoms with Gasteiger partial charge in [0.05, 0.1) is 12.5 Å². The van der Waals surface area contributed by atoms with Crippen LogP contribution in [0.25, 0.3) is 0 Å². The lowest BCUT2D eigenvalue weighted by molar-refractivity contribution is -0.135. The van der Waals surface area contributed by atoms with E-state index in [1.165, 1.54) is 6.92 Å². The summed E-state index contributed by atoms with van der Waals surface area (Å²) in [5.74, 6) is 0.0378. The van der Waals surface area contributed by atoms with E-state index in [9.17, 15) is 9.59 Å². The Morgan fingerprint density at radius 2 is 1.61 bits per heavy atom. The van der Waals surface area contributed by atoms with Crippen LogP contribution in [0.1, 0.15) is 36.1 Å². The molecule has 0 fully saturated rings. The first-order valence-electron chi connectivity index (χ1n) is 7.56. The van der Waals surface area contributed by atoms with Gasteiger partial charge in [-0.1, -0.05) is 48.5 Å². The molecule has 23 heavy (non-hydrogen) atoms. The van der Waals surface area contributed by atoms with Crippen molar-refractivity contribution in [3.05, 3.63) is 65.2 Å². The number of nitrogens with one attached hydrogen (secondary N) is 1. The monoisotopic (exact) mass is 311 g/mol. The number of para-hydroxylation sites is 1. The third-order valence-corrected chi connectivity index (χ3v) is 3.57. The molecule has 4 nitrogen and oxygen atoms in total. The molecule has 2 rings (SSSR count). The zero-order chi connectivity index (χ0) is 16.8. The highest BCUT2D eigenvalue weighted by molar-refractivity contribution is 5.77. The molecule has 0 aliphatic heterocycles. The molecule has 0 aliphatic rings. The Bertz CT molecular complexity index is 675. The Balaban J connectivity index is 2.13. The molecule has 120 valence electrons. The Hall–Kier alpha value is -2.62. The van der Waals surface area contributed by atoms with Crippen LogP contribution in [0.3, 0.4) is 0 Å². The minimum Gasteiger partial charge on any atom is -0.426 e. The Morgan fingerprint density at radius 1 is 1.00 bits per heavy atom. The van der Waals surface area contributed by atoms with Crippen molar-refractivity contribution in [1.82, 2.24) is 5.32 Å². The average molecular weight is 311 g/mol. The smallest absolute Gasteiger partial charge is 0.313 e. The number of aryl methyl sites for hydroxylation is 2. The summed E-state index contributed by atoms with van der Waals surface area (Å²) in [5.41, 5.74) is 2.70. The number of hydrogen-bond donors (Lipinski definition) is 1. The van der Waals surface area contributed by atoms with E-state index in [1.54, 1.807) is 0 Å². The van der Waals surface area contributed by atoms with Crippen LogP contribution in [0.2, 0.25) is 0 Å². The molecule has 2 aromatic rings. The van der Waals surface area contributed by atoms with Crippen molar-refractivity contribution < 1.29 is 14.3 Å². The van der Waals surface area contributed by atoms with Gasteiger partial charge in [0, 0.05) is 6.92 Å². The lowest BCUT2D eigenvalue weighted by Gasteiger charge is -2.18. The average Bonchev–Trinajstić information content (AvgIpc) is 2.51. The normalized spacial score (nSPS) is 11.6. The molecule has 4 heteroatoms. The second-order valence-corrected chi connectivity index (χ2v) is 5.56. The van der Waals surface area contributed by atoms with Gasteiger partial charge in [0.25, 0.3) is 0 Å². The third-order valence-electron chi connectivity index (χ3n) is 3.57. The van der Waals surface area contributed by atoms with Crippen molar-refractivity contribution in [2.75, 3.05) is 0 Å². The largest absolute Gasteiger partial charge is 0.426 e. The fourth-order valence-corrected chi connectivity index (χ4v) is 2.47. The topological polar surface area (TPSA) is 55.4 Å². The molecule has 1 atom stereocenters. The Labute approximate surface area is 136 Å². The van der Waals surface area contributed by atoms with Gasteiger partial charge >= 0.3 is 5.97 Å². The maximum atomic E-state index is 12.3. The summed E-state index contributed by atoms with van der Waals surface area (Å²) >= 11 is 0. The van der Waals surface area contributed by atoms with E-state index >= 15 is 0 Å². The molecule has 1 N–H and O–H groups in total. The number of amides is 1. The molecule has 0 bridgehead atoms. The van der Waals surface area contributed by atoms with E-state index in [0.29, 0.717) is 5.75 Å². The minimum absolute atomic E-state index is 0.0807. The lowest BCUT2D eigenvalue weighted by Crippen LogP contribution is -2.29. The Morgan fingerprint density at radius 3 is 2.17 bits per heavy atom. The molecule has 0 saturated carbocycles. The van der Waals surface area contributed by atoms with Gasteiger partial charge in [-0.15, -0.1) is 0 Å². The molecule has 1 amide bonds. The Kier molecular flexibility index (Phi) is 5.52. The molecule has 0 saturated heterocycles. The second-order valence-electron chi connectivity index (χ2n) is 5.56. The minimum atomic E-state index is -0.398. The number of benzene rings is 2. The van der Waals surface area contributed by atoms with Crippen molar-refractivity contribution in [3.8, 4) is 5.75 Å². The summed E-state index contributed by atoms with van der Waals surface area (Å²) in [6, 6.07) is 14.7. The highest BCUT2D eigenvalue weighted by atomic mass is 16.5. The summed E-state index contributed by atoms with van der Waals surface area (Å²) in [6.07, 6.45) is 0.0807. The molecule has 0 radical (unpaired) electrons. The fraction of sp³-hybridized carbons (Fsp3) is 0.263. The van der Waals surface area contributed by atoms with Gasteiger partial charge in [-0.3, -0.25) is 9.59 Å². The van der Waals surface area contributed by atoms with E-state index in [2.05, 4.69) is 5.32 Å². The van der Waals surface area contributed by atoms with Crippen LogP contribution in [0.5, 0.6) is 5.75 Å². The van der Waals surface area contributed by atoms with E-state index < -0.39 is 6.04 Å². The molecule has 0 spiro atoms. The van der Waals surface area contributed by atoms with E-state index in [0.717, 1.165) is 16.7 Å². The molecule has 0 unspecified atom stereocenters. The second kappa shape index (κ2) is 7.58. The van der Waals surface area contributed by atoms with Crippen LogP contribution in [0, 0.1) is 13.8 Å². The van der Waals surface area contributed by atoms with Crippen molar-refractivity contribution >= 4 is 11.9 Å². The molecule has 0 aromatic heterocycles. The number of ether oxygens (including phenoxy) is 1. The van der Waals surface area contributed by atoms with Gasteiger partial charge in [0.2, 0.25) is 5.91 Å².